The molecule has 0 N–H and O–H groups in total. The third-order valence-corrected chi connectivity index (χ3v) is 3.79. The number of halogens is 8. The van der Waals surface area contributed by atoms with Gasteiger partial charge >= 0.3 is 12.4 Å². The second-order valence-electron chi connectivity index (χ2n) is 5.87. The molecule has 0 saturated heterocycles. The minimum atomic E-state index is -6.13. The summed E-state index contributed by atoms with van der Waals surface area (Å²) < 4.78 is 103. The summed E-state index contributed by atoms with van der Waals surface area (Å²) in [6.07, 6.45) is -14.9. The minimum Gasteiger partial charge on any atom is -0.244 e. The van der Waals surface area contributed by atoms with E-state index in [0.29, 0.717) is 0 Å². The van der Waals surface area contributed by atoms with Crippen molar-refractivity contribution in [2.45, 2.75) is 63.2 Å². The lowest BCUT2D eigenvalue weighted by atomic mass is 9.82. The molecule has 0 aromatic carbocycles. The van der Waals surface area contributed by atoms with Crippen LogP contribution in [0.2, 0.25) is 0 Å². The molecule has 0 aromatic heterocycles. The normalized spacial score (nSPS) is 15.3. The largest absolute Gasteiger partial charge is 0.431 e. The van der Waals surface area contributed by atoms with Crippen LogP contribution in [-0.4, -0.2) is 29.4 Å². The second kappa shape index (κ2) is 7.90. The molecule has 10 heteroatoms. The van der Waals surface area contributed by atoms with Gasteiger partial charge in [-0.2, -0.15) is 31.6 Å². The van der Waals surface area contributed by atoms with Crippen molar-refractivity contribution in [2.75, 3.05) is 5.75 Å². The summed E-state index contributed by atoms with van der Waals surface area (Å²) >= 11 is 0.771. The van der Waals surface area contributed by atoms with Gasteiger partial charge in [-0.25, -0.2) is 8.78 Å². The summed E-state index contributed by atoms with van der Waals surface area (Å²) in [4.78, 5) is 0. The zero-order chi connectivity index (χ0) is 18.5. The van der Waals surface area contributed by atoms with Gasteiger partial charge in [-0.05, 0) is 50.8 Å². The summed E-state index contributed by atoms with van der Waals surface area (Å²) in [5, 5.41) is 10.0. The number of nitriles is 1. The second-order valence-corrected chi connectivity index (χ2v) is 6.75. The summed E-state index contributed by atoms with van der Waals surface area (Å²) in [5.74, 6) is -1.29. The first-order chi connectivity index (χ1) is 10.1. The van der Waals surface area contributed by atoms with E-state index >= 15 is 0 Å². The fourth-order valence-electron chi connectivity index (χ4n) is 2.24. The van der Waals surface area contributed by atoms with Gasteiger partial charge in [0, 0.05) is 12.2 Å². The van der Waals surface area contributed by atoms with E-state index in [0.717, 1.165) is 25.6 Å². The molecule has 1 unspecified atom stereocenters. The Labute approximate surface area is 133 Å². The quantitative estimate of drug-likeness (QED) is 0.299. The van der Waals surface area contributed by atoms with Gasteiger partial charge in [0.1, 0.15) is 11.1 Å². The highest BCUT2D eigenvalue weighted by Gasteiger charge is 2.72. The van der Waals surface area contributed by atoms with E-state index in [2.05, 4.69) is 0 Å². The Morgan fingerprint density at radius 1 is 0.913 bits per heavy atom. The van der Waals surface area contributed by atoms with E-state index < -0.39 is 42.4 Å². The van der Waals surface area contributed by atoms with Crippen molar-refractivity contribution in [2.24, 2.45) is 5.92 Å². The highest BCUT2D eigenvalue weighted by atomic mass is 32.2. The lowest BCUT2D eigenvalue weighted by Crippen LogP contribution is -2.54. The first-order valence-corrected chi connectivity index (χ1v) is 7.65. The third-order valence-electron chi connectivity index (χ3n) is 3.17. The average Bonchev–Trinajstić information content (AvgIpc) is 2.29. The topological polar surface area (TPSA) is 23.8 Å². The Bertz CT molecular complexity index is 390. The molecule has 0 bridgehead atoms. The number of rotatable bonds is 8. The first kappa shape index (κ1) is 22.3. The molecule has 0 fully saturated rings. The standard InChI is InChI=1S/C13H17F8NS/c1-10(2,14)6-9(4-3-5-23-8-22)7-11(15,12(16,17)18)13(19,20)21/h9H,3-7H2,1-2H3. The van der Waals surface area contributed by atoms with Gasteiger partial charge in [-0.15, -0.1) is 0 Å². The summed E-state index contributed by atoms with van der Waals surface area (Å²) in [7, 11) is 0. The molecule has 0 amide bonds. The van der Waals surface area contributed by atoms with Crippen molar-refractivity contribution in [1.82, 2.24) is 0 Å². The van der Waals surface area contributed by atoms with Gasteiger partial charge in [0.25, 0.3) is 5.67 Å². The number of nitrogens with zero attached hydrogens (tertiary/aromatic N) is 1. The molecular formula is C13H17F8NS. The van der Waals surface area contributed by atoms with Gasteiger partial charge in [0.05, 0.1) is 0 Å². The molecule has 0 aliphatic heterocycles. The summed E-state index contributed by atoms with van der Waals surface area (Å²) in [6.45, 7) is 2.01. The predicted octanol–water partition coefficient (Wildman–Crippen LogP) is 5.96. The minimum absolute atomic E-state index is 0.0881. The van der Waals surface area contributed by atoms with Crippen LogP contribution in [0.4, 0.5) is 35.1 Å². The van der Waals surface area contributed by atoms with Gasteiger partial charge in [0.2, 0.25) is 0 Å². The van der Waals surface area contributed by atoms with Gasteiger partial charge in [-0.1, -0.05) is 0 Å². The summed E-state index contributed by atoms with van der Waals surface area (Å²) in [5.41, 5.74) is -7.41. The predicted molar refractivity (Wildman–Crippen MR) is 71.2 cm³/mol. The Morgan fingerprint density at radius 3 is 1.74 bits per heavy atom. The van der Waals surface area contributed by atoms with Crippen molar-refractivity contribution in [3.8, 4) is 5.40 Å². The fraction of sp³-hybridized carbons (Fsp3) is 0.923. The molecule has 0 heterocycles. The molecular weight excluding hydrogens is 354 g/mol. The molecule has 0 rings (SSSR count). The Morgan fingerprint density at radius 2 is 1.39 bits per heavy atom. The monoisotopic (exact) mass is 371 g/mol. The maximum atomic E-state index is 13.8. The van der Waals surface area contributed by atoms with Crippen molar-refractivity contribution in [3.63, 3.8) is 0 Å². The van der Waals surface area contributed by atoms with Crippen LogP contribution in [-0.2, 0) is 0 Å². The van der Waals surface area contributed by atoms with E-state index in [-0.39, 0.29) is 18.6 Å². The van der Waals surface area contributed by atoms with Crippen molar-refractivity contribution in [3.05, 3.63) is 0 Å². The van der Waals surface area contributed by atoms with E-state index in [1.165, 1.54) is 0 Å². The molecule has 1 atom stereocenters. The average molecular weight is 371 g/mol. The van der Waals surface area contributed by atoms with Crippen LogP contribution in [0.3, 0.4) is 0 Å². The number of alkyl halides is 8. The molecule has 0 saturated carbocycles. The van der Waals surface area contributed by atoms with Crippen LogP contribution in [0.1, 0.15) is 39.5 Å². The number of thioether (sulfide) groups is 1. The zero-order valence-electron chi connectivity index (χ0n) is 12.5. The number of thiocyanates is 1. The first-order valence-electron chi connectivity index (χ1n) is 6.66. The highest BCUT2D eigenvalue weighted by molar-refractivity contribution is 8.03. The van der Waals surface area contributed by atoms with E-state index in [4.69, 9.17) is 5.26 Å². The fourth-order valence-corrected chi connectivity index (χ4v) is 2.64. The van der Waals surface area contributed by atoms with Gasteiger partial charge < -0.3 is 0 Å². The molecule has 0 aliphatic rings. The van der Waals surface area contributed by atoms with Crippen molar-refractivity contribution < 1.29 is 35.1 Å². The van der Waals surface area contributed by atoms with Crippen LogP contribution in [0.15, 0.2) is 0 Å². The Kier molecular flexibility index (Phi) is 7.65. The van der Waals surface area contributed by atoms with Crippen LogP contribution < -0.4 is 0 Å². The number of hydrogen-bond acceptors (Lipinski definition) is 2. The third kappa shape index (κ3) is 7.14. The molecule has 0 radical (unpaired) electrons. The molecule has 0 spiro atoms. The SMILES string of the molecule is CC(C)(F)CC(CCCSC#N)CC(F)(C(F)(F)F)C(F)(F)F. The Hall–Kier alpha value is -0.720. The van der Waals surface area contributed by atoms with E-state index in [9.17, 15) is 35.1 Å². The van der Waals surface area contributed by atoms with Crippen LogP contribution in [0, 0.1) is 16.6 Å². The maximum absolute atomic E-state index is 13.8. The van der Waals surface area contributed by atoms with Crippen LogP contribution in [0.25, 0.3) is 0 Å². The summed E-state index contributed by atoms with van der Waals surface area (Å²) in [6, 6.07) is 0. The molecule has 136 valence electrons. The molecule has 23 heavy (non-hydrogen) atoms. The molecule has 1 nitrogen and oxygen atoms in total. The molecule has 0 aliphatic carbocycles. The van der Waals surface area contributed by atoms with Crippen molar-refractivity contribution in [1.29, 1.82) is 5.26 Å². The lowest BCUT2D eigenvalue weighted by molar-refractivity contribution is -0.346. The van der Waals surface area contributed by atoms with Crippen LogP contribution >= 0.6 is 11.8 Å². The highest BCUT2D eigenvalue weighted by Crippen LogP contribution is 2.51. The zero-order valence-corrected chi connectivity index (χ0v) is 13.3. The van der Waals surface area contributed by atoms with E-state index in [1.807, 2.05) is 0 Å². The van der Waals surface area contributed by atoms with Gasteiger partial charge in [0.15, 0.2) is 0 Å². The maximum Gasteiger partial charge on any atom is 0.431 e. The van der Waals surface area contributed by atoms with E-state index in [1.54, 1.807) is 5.40 Å². The Balaban J connectivity index is 5.26. The van der Waals surface area contributed by atoms with Crippen LogP contribution in [0.5, 0.6) is 0 Å². The van der Waals surface area contributed by atoms with Gasteiger partial charge in [-0.3, -0.25) is 0 Å². The smallest absolute Gasteiger partial charge is 0.244 e. The lowest BCUT2D eigenvalue weighted by Gasteiger charge is -2.34. The van der Waals surface area contributed by atoms with Crippen molar-refractivity contribution >= 4 is 11.8 Å². The number of hydrogen-bond donors (Lipinski definition) is 0. The molecule has 0 aromatic rings.